The van der Waals surface area contributed by atoms with Crippen molar-refractivity contribution in [3.8, 4) is 0 Å². The Morgan fingerprint density at radius 3 is 2.56 bits per heavy atom. The van der Waals surface area contributed by atoms with Crippen LogP contribution >= 0.6 is 0 Å². The van der Waals surface area contributed by atoms with Crippen molar-refractivity contribution in [3.63, 3.8) is 0 Å². The van der Waals surface area contributed by atoms with Crippen LogP contribution < -0.4 is 9.80 Å². The first-order valence-corrected chi connectivity index (χ1v) is 8.33. The molecular weight excluding hydrogens is 330 g/mol. The SMILES string of the molecule is O=[N+]([O-])c1cc2oc(N3CCOCC3)nc2nc1N1CCC(O)CC1. The number of aromatic nitrogens is 2. The molecule has 10 heteroatoms. The minimum Gasteiger partial charge on any atom is -0.421 e. The Kier molecular flexibility index (Phi) is 4.14. The Morgan fingerprint density at radius 1 is 1.16 bits per heavy atom. The molecule has 4 rings (SSSR count). The van der Waals surface area contributed by atoms with Crippen LogP contribution in [-0.4, -0.2) is 65.5 Å². The summed E-state index contributed by atoms with van der Waals surface area (Å²) in [4.78, 5) is 23.6. The lowest BCUT2D eigenvalue weighted by molar-refractivity contribution is -0.384. The van der Waals surface area contributed by atoms with Gasteiger partial charge in [-0.2, -0.15) is 4.98 Å². The van der Waals surface area contributed by atoms with Crippen LogP contribution in [0.2, 0.25) is 0 Å². The van der Waals surface area contributed by atoms with E-state index in [1.165, 1.54) is 6.07 Å². The number of oxazole rings is 1. The van der Waals surface area contributed by atoms with Crippen LogP contribution in [0, 0.1) is 10.1 Å². The maximum Gasteiger partial charge on any atom is 0.315 e. The molecule has 134 valence electrons. The number of pyridine rings is 1. The van der Waals surface area contributed by atoms with Crippen LogP contribution in [0.5, 0.6) is 0 Å². The molecule has 0 aromatic carbocycles. The Morgan fingerprint density at radius 2 is 1.88 bits per heavy atom. The lowest BCUT2D eigenvalue weighted by Gasteiger charge is -2.29. The summed E-state index contributed by atoms with van der Waals surface area (Å²) >= 11 is 0. The van der Waals surface area contributed by atoms with E-state index in [1.807, 2.05) is 9.80 Å². The molecule has 2 fully saturated rings. The molecule has 4 heterocycles. The minimum atomic E-state index is -0.455. The summed E-state index contributed by atoms with van der Waals surface area (Å²) in [6.45, 7) is 3.54. The second kappa shape index (κ2) is 6.45. The Labute approximate surface area is 143 Å². The fraction of sp³-hybridized carbons (Fsp3) is 0.600. The van der Waals surface area contributed by atoms with Gasteiger partial charge in [-0.05, 0) is 12.8 Å². The highest BCUT2D eigenvalue weighted by Gasteiger charge is 2.28. The van der Waals surface area contributed by atoms with Crippen molar-refractivity contribution < 1.29 is 19.2 Å². The fourth-order valence-corrected chi connectivity index (χ4v) is 3.17. The summed E-state index contributed by atoms with van der Waals surface area (Å²) in [5.74, 6) is 0.284. The first kappa shape index (κ1) is 16.0. The van der Waals surface area contributed by atoms with Gasteiger partial charge in [-0.15, -0.1) is 0 Å². The molecule has 0 radical (unpaired) electrons. The summed E-state index contributed by atoms with van der Waals surface area (Å²) in [5.41, 5.74) is 0.552. The molecule has 0 spiro atoms. The topological polar surface area (TPSA) is 118 Å². The minimum absolute atomic E-state index is 0.103. The van der Waals surface area contributed by atoms with Crippen LogP contribution in [0.1, 0.15) is 12.8 Å². The molecule has 2 aromatic rings. The molecule has 1 N–H and O–H groups in total. The number of fused-ring (bicyclic) bond motifs is 1. The van der Waals surface area contributed by atoms with Gasteiger partial charge in [-0.1, -0.05) is 0 Å². The van der Waals surface area contributed by atoms with E-state index in [0.717, 1.165) is 0 Å². The van der Waals surface area contributed by atoms with Gasteiger partial charge < -0.3 is 24.1 Å². The summed E-state index contributed by atoms with van der Waals surface area (Å²) in [7, 11) is 0. The van der Waals surface area contributed by atoms with Crippen molar-refractivity contribution in [1.29, 1.82) is 0 Å². The quantitative estimate of drug-likeness (QED) is 0.637. The zero-order chi connectivity index (χ0) is 17.4. The number of hydrogen-bond acceptors (Lipinski definition) is 9. The van der Waals surface area contributed by atoms with Crippen molar-refractivity contribution >= 4 is 28.8 Å². The second-order valence-electron chi connectivity index (χ2n) is 6.22. The third-order valence-electron chi connectivity index (χ3n) is 4.57. The van der Waals surface area contributed by atoms with Crippen molar-refractivity contribution in [2.24, 2.45) is 0 Å². The third-order valence-corrected chi connectivity index (χ3v) is 4.57. The van der Waals surface area contributed by atoms with E-state index in [0.29, 0.717) is 69.5 Å². The van der Waals surface area contributed by atoms with E-state index in [4.69, 9.17) is 9.15 Å². The zero-order valence-electron chi connectivity index (χ0n) is 13.6. The molecule has 0 unspecified atom stereocenters. The van der Waals surface area contributed by atoms with Gasteiger partial charge in [-0.25, -0.2) is 4.98 Å². The third kappa shape index (κ3) is 3.10. The van der Waals surface area contributed by atoms with Crippen LogP contribution in [0.4, 0.5) is 17.5 Å². The molecule has 2 aliphatic rings. The maximum atomic E-state index is 11.5. The molecule has 2 saturated heterocycles. The van der Waals surface area contributed by atoms with Gasteiger partial charge in [-0.3, -0.25) is 10.1 Å². The largest absolute Gasteiger partial charge is 0.421 e. The Bertz CT molecular complexity index is 780. The lowest BCUT2D eigenvalue weighted by atomic mass is 10.1. The van der Waals surface area contributed by atoms with Gasteiger partial charge in [0.25, 0.3) is 6.01 Å². The van der Waals surface area contributed by atoms with Gasteiger partial charge in [0.05, 0.1) is 30.3 Å². The van der Waals surface area contributed by atoms with Gasteiger partial charge in [0.1, 0.15) is 0 Å². The van der Waals surface area contributed by atoms with Gasteiger partial charge in [0, 0.05) is 26.2 Å². The van der Waals surface area contributed by atoms with Crippen LogP contribution in [0.3, 0.4) is 0 Å². The van der Waals surface area contributed by atoms with Gasteiger partial charge in [0.2, 0.25) is 11.5 Å². The van der Waals surface area contributed by atoms with E-state index < -0.39 is 4.92 Å². The van der Waals surface area contributed by atoms with E-state index >= 15 is 0 Å². The fourth-order valence-electron chi connectivity index (χ4n) is 3.17. The lowest BCUT2D eigenvalue weighted by Crippen LogP contribution is -2.36. The summed E-state index contributed by atoms with van der Waals surface area (Å²) in [5, 5.41) is 21.1. The first-order chi connectivity index (χ1) is 12.1. The van der Waals surface area contributed by atoms with E-state index in [1.54, 1.807) is 0 Å². The smallest absolute Gasteiger partial charge is 0.315 e. The van der Waals surface area contributed by atoms with Crippen molar-refractivity contribution in [3.05, 3.63) is 16.2 Å². The number of nitrogens with zero attached hydrogens (tertiary/aromatic N) is 5. The molecule has 0 atom stereocenters. The van der Waals surface area contributed by atoms with Gasteiger partial charge >= 0.3 is 5.69 Å². The van der Waals surface area contributed by atoms with E-state index in [2.05, 4.69) is 9.97 Å². The van der Waals surface area contributed by atoms with E-state index in [9.17, 15) is 15.2 Å². The number of piperidine rings is 1. The summed E-state index contributed by atoms with van der Waals surface area (Å²) < 4.78 is 11.0. The summed E-state index contributed by atoms with van der Waals surface area (Å²) in [6.07, 6.45) is 0.766. The maximum absolute atomic E-state index is 11.5. The predicted octanol–water partition coefficient (Wildman–Crippen LogP) is 0.929. The molecule has 2 aliphatic heterocycles. The number of aliphatic hydroxyl groups is 1. The number of nitro groups is 1. The van der Waals surface area contributed by atoms with Crippen LogP contribution in [0.15, 0.2) is 10.5 Å². The van der Waals surface area contributed by atoms with E-state index in [-0.39, 0.29) is 17.6 Å². The highest BCUT2D eigenvalue weighted by molar-refractivity contribution is 5.78. The zero-order valence-corrected chi connectivity index (χ0v) is 13.6. The highest BCUT2D eigenvalue weighted by Crippen LogP contribution is 2.33. The molecular formula is C15H19N5O5. The molecule has 0 amide bonds. The van der Waals surface area contributed by atoms with Crippen LogP contribution in [0.25, 0.3) is 11.2 Å². The molecule has 25 heavy (non-hydrogen) atoms. The average molecular weight is 349 g/mol. The molecule has 10 nitrogen and oxygen atoms in total. The monoisotopic (exact) mass is 349 g/mol. The summed E-state index contributed by atoms with van der Waals surface area (Å²) in [6, 6.07) is 1.80. The normalized spacial score (nSPS) is 19.6. The first-order valence-electron chi connectivity index (χ1n) is 8.33. The molecule has 0 saturated carbocycles. The molecule has 0 aliphatic carbocycles. The number of anilines is 2. The van der Waals surface area contributed by atoms with Gasteiger partial charge in [0.15, 0.2) is 5.58 Å². The average Bonchev–Trinajstić information content (AvgIpc) is 3.05. The number of ether oxygens (including phenoxy) is 1. The van der Waals surface area contributed by atoms with Crippen molar-refractivity contribution in [2.75, 3.05) is 49.2 Å². The van der Waals surface area contributed by atoms with Crippen LogP contribution in [-0.2, 0) is 4.74 Å². The Balaban J connectivity index is 1.71. The molecule has 0 bridgehead atoms. The standard InChI is InChI=1S/C15H19N5O5/c21-10-1-3-18(4-2-10)14-11(20(22)23)9-12-13(16-14)17-15(25-12)19-5-7-24-8-6-19/h9-10,21H,1-8H2. The molecule has 2 aromatic heterocycles. The highest BCUT2D eigenvalue weighted by atomic mass is 16.6. The Hall–Kier alpha value is -2.46. The number of rotatable bonds is 3. The number of hydrogen-bond donors (Lipinski definition) is 1. The van der Waals surface area contributed by atoms with Crippen molar-refractivity contribution in [2.45, 2.75) is 18.9 Å². The predicted molar refractivity (Wildman–Crippen MR) is 88.9 cm³/mol. The van der Waals surface area contributed by atoms with Crippen molar-refractivity contribution in [1.82, 2.24) is 9.97 Å². The second-order valence-corrected chi connectivity index (χ2v) is 6.22. The number of morpholine rings is 1. The number of aliphatic hydroxyl groups excluding tert-OH is 1.